The maximum Gasteiger partial charge on any atom is 0.394 e. The van der Waals surface area contributed by atoms with E-state index in [2.05, 4.69) is 16.0 Å². The second-order valence-corrected chi connectivity index (χ2v) is 29.8. The van der Waals surface area contributed by atoms with Gasteiger partial charge in [-0.2, -0.15) is 13.2 Å². The van der Waals surface area contributed by atoms with E-state index >= 15 is 23.6 Å². The summed E-state index contributed by atoms with van der Waals surface area (Å²) in [6.07, 6.45) is 4.01. The Bertz CT molecular complexity index is 2850. The summed E-state index contributed by atoms with van der Waals surface area (Å²) >= 11 is 0. The van der Waals surface area contributed by atoms with Crippen molar-refractivity contribution in [2.24, 2.45) is 29.6 Å². The third-order valence-corrected chi connectivity index (χ3v) is 23.0. The molecule has 7 aliphatic rings. The normalized spacial score (nSPS) is 30.4. The van der Waals surface area contributed by atoms with Gasteiger partial charge in [-0.05, 0) is 127 Å². The van der Waals surface area contributed by atoms with Crippen LogP contribution in [-0.4, -0.2) is 264 Å². The molecule has 0 bridgehead atoms. The highest BCUT2D eigenvalue weighted by atomic mass is 19.4. The largest absolute Gasteiger partial charge is 0.394 e. The molecule has 12 amide bonds. The first-order chi connectivity index (χ1) is 46.3. The summed E-state index contributed by atoms with van der Waals surface area (Å²) < 4.78 is 56.8. The van der Waals surface area contributed by atoms with Crippen molar-refractivity contribution in [3.8, 4) is 0 Å². The average molecular weight is 1390 g/mol. The first-order valence-corrected chi connectivity index (χ1v) is 36.3. The van der Waals surface area contributed by atoms with Crippen LogP contribution in [0.2, 0.25) is 0 Å². The van der Waals surface area contributed by atoms with Crippen LogP contribution in [0.4, 0.5) is 17.6 Å². The Labute approximate surface area is 576 Å². The van der Waals surface area contributed by atoms with Crippen LogP contribution in [0.15, 0.2) is 0 Å². The van der Waals surface area contributed by atoms with Crippen LogP contribution in [0.3, 0.4) is 0 Å². The Kier molecular flexibility index (Phi) is 28.2. The predicted molar refractivity (Wildman–Crippen MR) is 356 cm³/mol. The van der Waals surface area contributed by atoms with Gasteiger partial charge >= 0.3 is 6.18 Å². The van der Waals surface area contributed by atoms with E-state index in [9.17, 15) is 51.5 Å². The van der Waals surface area contributed by atoms with Crippen molar-refractivity contribution < 1.29 is 75.1 Å². The smallest absolute Gasteiger partial charge is 0.343 e. The number of piperidine rings is 1. The van der Waals surface area contributed by atoms with E-state index in [4.69, 9.17) is 0 Å². The van der Waals surface area contributed by atoms with E-state index in [-0.39, 0.29) is 57.4 Å². The molecule has 3 saturated heterocycles. The number of hydrogen-bond donors (Lipinski definition) is 3. The van der Waals surface area contributed by atoms with Crippen LogP contribution < -0.4 is 16.0 Å². The van der Waals surface area contributed by atoms with Gasteiger partial charge in [0, 0.05) is 69.0 Å². The quantitative estimate of drug-likeness (QED) is 0.252. The molecular formula is C70H112F4N12O12. The van der Waals surface area contributed by atoms with Crippen molar-refractivity contribution in [1.29, 1.82) is 0 Å². The van der Waals surface area contributed by atoms with E-state index < -0.39 is 194 Å². The zero-order valence-electron chi connectivity index (χ0n) is 59.8. The number of likely N-dealkylation sites (N-methyl/N-ethyl adjacent to an activating group) is 7. The van der Waals surface area contributed by atoms with Crippen LogP contribution in [0.1, 0.15) is 194 Å². The van der Waals surface area contributed by atoms with E-state index in [1.54, 1.807) is 11.8 Å². The summed E-state index contributed by atoms with van der Waals surface area (Å²) in [6.45, 7) is 4.14. The number of likely N-dealkylation sites (tertiary alicyclic amines) is 1. The lowest BCUT2D eigenvalue weighted by molar-refractivity contribution is -0.201. The molecule has 7 fully saturated rings. The lowest BCUT2D eigenvalue weighted by Crippen LogP contribution is -2.65. The first-order valence-electron chi connectivity index (χ1n) is 36.3. The molecule has 1 spiro atoms. The van der Waals surface area contributed by atoms with E-state index in [1.807, 2.05) is 6.92 Å². The molecule has 3 N–H and O–H groups in total. The Morgan fingerprint density at radius 1 is 0.582 bits per heavy atom. The van der Waals surface area contributed by atoms with Crippen LogP contribution in [0, 0.1) is 29.6 Å². The van der Waals surface area contributed by atoms with Gasteiger partial charge in [-0.3, -0.25) is 57.5 Å². The van der Waals surface area contributed by atoms with Gasteiger partial charge in [-0.1, -0.05) is 84.5 Å². The highest BCUT2D eigenvalue weighted by molar-refractivity contribution is 6.00. The van der Waals surface area contributed by atoms with E-state index in [0.29, 0.717) is 64.5 Å². The summed E-state index contributed by atoms with van der Waals surface area (Å²) in [5.41, 5.74) is -1.57. The maximum atomic E-state index is 15.7. The zero-order chi connectivity index (χ0) is 72.1. The fraction of sp³-hybridized carbons (Fsp3) is 0.829. The Morgan fingerprint density at radius 3 is 1.80 bits per heavy atom. The number of nitrogens with zero attached hydrogens (tertiary/aromatic N) is 9. The van der Waals surface area contributed by atoms with Gasteiger partial charge < -0.3 is 60.0 Å². The number of halogens is 4. The highest BCUT2D eigenvalue weighted by Crippen LogP contribution is 2.43. The fourth-order valence-corrected chi connectivity index (χ4v) is 16.2. The van der Waals surface area contributed by atoms with Crippen LogP contribution in [-0.2, 0) is 57.5 Å². The average Bonchev–Trinajstić information content (AvgIpc) is 1.27. The molecule has 24 nitrogen and oxygen atoms in total. The van der Waals surface area contributed by atoms with Crippen molar-refractivity contribution in [3.63, 3.8) is 0 Å². The molecule has 3 unspecified atom stereocenters. The van der Waals surface area contributed by atoms with Crippen LogP contribution >= 0.6 is 0 Å². The van der Waals surface area contributed by atoms with Gasteiger partial charge in [-0.25, -0.2) is 4.39 Å². The van der Waals surface area contributed by atoms with Crippen molar-refractivity contribution in [1.82, 2.24) is 60.0 Å². The Morgan fingerprint density at radius 2 is 1.18 bits per heavy atom. The number of fused-ring (bicyclic) bond motifs is 1. The molecule has 3 heterocycles. The number of hydrogen-bond acceptors (Lipinski definition) is 12. The van der Waals surface area contributed by atoms with Gasteiger partial charge in [0.1, 0.15) is 54.0 Å². The monoisotopic (exact) mass is 1390 g/mol. The summed E-state index contributed by atoms with van der Waals surface area (Å²) in [5, 5.41) is 8.65. The fourth-order valence-electron chi connectivity index (χ4n) is 16.2. The van der Waals surface area contributed by atoms with E-state index in [1.165, 1.54) is 75.9 Å². The topological polar surface area (TPSA) is 270 Å². The summed E-state index contributed by atoms with van der Waals surface area (Å²) in [4.78, 5) is 189. The molecule has 552 valence electrons. The number of alkyl halides is 4. The predicted octanol–water partition coefficient (Wildman–Crippen LogP) is 5.19. The Hall–Kier alpha value is -6.64. The summed E-state index contributed by atoms with van der Waals surface area (Å²) in [7, 11) is 9.90. The molecule has 3 aliphatic heterocycles. The molecule has 0 aromatic rings. The van der Waals surface area contributed by atoms with Gasteiger partial charge in [-0.15, -0.1) is 0 Å². The SMILES string of the molecule is CC[C@H](C)[C@@H]1NC(=O)[C@H](C)N(C)C(=O)C[C@@H](C(=O)N2CCCCC2)N(C)C(=O)[C@H](C2CCCCC2)N(C)C(=O)C2(CCCC2)NC(=O)[C@@H]2CCCN2C(=O)[C@H](CCC2CCC(C(F)(F)F)C(F)C2)NC(=O)CN(C)C(=O)[C@H](CC2CCCCC2)N(C)C(=O)CN(C)C(=O)CN(C)C1=O. The minimum absolute atomic E-state index is 0.00237. The van der Waals surface area contributed by atoms with Gasteiger partial charge in [0.05, 0.1) is 32.0 Å². The van der Waals surface area contributed by atoms with Gasteiger partial charge in [0.15, 0.2) is 0 Å². The highest BCUT2D eigenvalue weighted by Gasteiger charge is 2.52. The third kappa shape index (κ3) is 19.5. The lowest BCUT2D eigenvalue weighted by atomic mass is 9.78. The Balaban J connectivity index is 1.25. The minimum atomic E-state index is -4.75. The van der Waals surface area contributed by atoms with Crippen molar-refractivity contribution >= 4 is 70.9 Å². The zero-order valence-corrected chi connectivity index (χ0v) is 59.8. The standard InChI is InChI=1S/C70H112F4N12O12/c1-11-44(2)59-66(96)80(6)42-57(89)78(4)43-58(90)82(8)53(39-46-24-15-12-16-25-46)64(94)79(5)41-55(87)75-51(32-30-47-29-31-49(50(71)38-47)70(72,73)74)63(93)86-37-23-28-52(86)62(92)77-69(33-19-20-34-69)68(98)84(10)60(48-26-17-13-18-27-48)67(97)83(9)54(65(95)85-35-21-14-22-36-85)40-56(88)81(7)45(3)61(91)76-59/h44-54,59-60H,11-43H2,1-10H3,(H,75,87)(H,76,91)(H,77,92)/t44-,45-,47?,49?,50?,51-,52-,53-,54-,59-,60-/m0/s1. The molecule has 0 aromatic carbocycles. The molecule has 4 saturated carbocycles. The number of nitrogens with one attached hydrogen (secondary N) is 3. The van der Waals surface area contributed by atoms with Crippen LogP contribution in [0.25, 0.3) is 0 Å². The van der Waals surface area contributed by atoms with Gasteiger partial charge in [0.2, 0.25) is 70.9 Å². The molecule has 0 aromatic heterocycles. The second kappa shape index (κ2) is 35.1. The van der Waals surface area contributed by atoms with Crippen molar-refractivity contribution in [2.75, 3.05) is 88.6 Å². The van der Waals surface area contributed by atoms with Crippen molar-refractivity contribution in [3.05, 3.63) is 0 Å². The lowest BCUT2D eigenvalue weighted by Gasteiger charge is -2.43. The third-order valence-electron chi connectivity index (χ3n) is 23.0. The second-order valence-electron chi connectivity index (χ2n) is 29.8. The molecule has 4 aliphatic carbocycles. The molecular weight excluding hydrogens is 1280 g/mol. The van der Waals surface area contributed by atoms with Crippen molar-refractivity contribution in [2.45, 2.75) is 254 Å². The molecule has 11 atom stereocenters. The maximum absolute atomic E-state index is 15.7. The molecule has 28 heteroatoms. The van der Waals surface area contributed by atoms with Crippen LogP contribution in [0.5, 0.6) is 0 Å². The summed E-state index contributed by atoms with van der Waals surface area (Å²) in [5.74, 6) is -11.4. The molecule has 7 rings (SSSR count). The first kappa shape index (κ1) is 78.7. The van der Waals surface area contributed by atoms with Gasteiger partial charge in [0.25, 0.3) is 0 Å². The summed E-state index contributed by atoms with van der Waals surface area (Å²) in [6, 6.07) is -8.71. The number of carbonyl (C=O) groups excluding carboxylic acids is 12. The minimum Gasteiger partial charge on any atom is -0.343 e. The molecule has 98 heavy (non-hydrogen) atoms. The number of rotatable bonds is 9. The molecule has 0 radical (unpaired) electrons. The number of amides is 12. The number of carbonyl (C=O) groups is 12. The van der Waals surface area contributed by atoms with E-state index in [0.717, 1.165) is 77.4 Å².